The Morgan fingerprint density at radius 1 is 1.10 bits per heavy atom. The maximum absolute atomic E-state index is 12.4. The van der Waals surface area contributed by atoms with Crippen molar-refractivity contribution in [2.45, 2.75) is 18.4 Å². The molecule has 4 nitrogen and oxygen atoms in total. The third-order valence-corrected chi connectivity index (χ3v) is 4.84. The van der Waals surface area contributed by atoms with Gasteiger partial charge in [0.1, 0.15) is 5.75 Å². The lowest BCUT2D eigenvalue weighted by Crippen LogP contribution is -2.26. The summed E-state index contributed by atoms with van der Waals surface area (Å²) >= 11 is 0. The fourth-order valence-corrected chi connectivity index (χ4v) is 3.16. The molecule has 5 heteroatoms. The Balaban J connectivity index is 2.23. The summed E-state index contributed by atoms with van der Waals surface area (Å²) < 4.78 is 26.2. The Kier molecular flexibility index (Phi) is 4.11. The van der Waals surface area contributed by atoms with Crippen LogP contribution in [0.5, 0.6) is 5.75 Å². The second kappa shape index (κ2) is 5.64. The monoisotopic (exact) mass is 291 g/mol. The summed E-state index contributed by atoms with van der Waals surface area (Å²) in [7, 11) is -1.95. The minimum Gasteiger partial charge on any atom is -0.508 e. The van der Waals surface area contributed by atoms with Crippen LogP contribution in [-0.2, 0) is 16.6 Å². The predicted octanol–water partition coefficient (Wildman–Crippen LogP) is 2.52. The highest BCUT2D eigenvalue weighted by Gasteiger charge is 2.20. The zero-order valence-corrected chi connectivity index (χ0v) is 12.3. The van der Waals surface area contributed by atoms with Gasteiger partial charge in [-0.15, -0.1) is 0 Å². The Bertz CT molecular complexity index is 693. The van der Waals surface area contributed by atoms with Crippen LogP contribution >= 0.6 is 0 Å². The average Bonchev–Trinajstić information content (AvgIpc) is 2.41. The lowest BCUT2D eigenvalue weighted by atomic mass is 10.2. The van der Waals surface area contributed by atoms with Crippen molar-refractivity contribution in [1.82, 2.24) is 4.31 Å². The first-order valence-electron chi connectivity index (χ1n) is 6.20. The third-order valence-electron chi connectivity index (χ3n) is 3.04. The van der Waals surface area contributed by atoms with Gasteiger partial charge in [-0.3, -0.25) is 0 Å². The summed E-state index contributed by atoms with van der Waals surface area (Å²) in [5.41, 5.74) is 1.73. The molecule has 0 saturated heterocycles. The van der Waals surface area contributed by atoms with Gasteiger partial charge in [0.2, 0.25) is 10.0 Å². The molecule has 0 spiro atoms. The Labute approximate surface area is 119 Å². The number of phenolic OH excluding ortho intramolecular Hbond substituents is 1. The number of phenols is 1. The van der Waals surface area contributed by atoms with Crippen LogP contribution in [0.25, 0.3) is 0 Å². The Morgan fingerprint density at radius 3 is 2.35 bits per heavy atom. The van der Waals surface area contributed by atoms with E-state index in [0.29, 0.717) is 4.90 Å². The number of hydrogen-bond acceptors (Lipinski definition) is 3. The molecule has 20 heavy (non-hydrogen) atoms. The molecule has 0 aliphatic heterocycles. The molecule has 2 rings (SSSR count). The van der Waals surface area contributed by atoms with Crippen molar-refractivity contribution in [3.63, 3.8) is 0 Å². The van der Waals surface area contributed by atoms with Crippen LogP contribution in [0.3, 0.4) is 0 Å². The fraction of sp³-hybridized carbons (Fsp3) is 0.200. The number of nitrogens with zero attached hydrogens (tertiary/aromatic N) is 1. The highest BCUT2D eigenvalue weighted by Crippen LogP contribution is 2.18. The normalized spacial score (nSPS) is 11.8. The summed E-state index contributed by atoms with van der Waals surface area (Å²) in [6, 6.07) is 13.3. The summed E-state index contributed by atoms with van der Waals surface area (Å²) in [6.45, 7) is 2.12. The van der Waals surface area contributed by atoms with E-state index in [1.165, 1.54) is 4.31 Å². The number of benzene rings is 2. The average molecular weight is 291 g/mol. The van der Waals surface area contributed by atoms with Gasteiger partial charge >= 0.3 is 0 Å². The first-order chi connectivity index (χ1) is 9.39. The standard InChI is InChI=1S/C15H17NO3S/c1-12-4-3-5-15(10-12)20(18,19)16(2)11-13-6-8-14(17)9-7-13/h3-10,17H,11H2,1-2H3. The number of aromatic hydroxyl groups is 1. The van der Waals surface area contributed by atoms with Gasteiger partial charge in [0, 0.05) is 13.6 Å². The van der Waals surface area contributed by atoms with Gasteiger partial charge in [0.05, 0.1) is 4.90 Å². The quantitative estimate of drug-likeness (QED) is 0.941. The van der Waals surface area contributed by atoms with Crippen molar-refractivity contribution in [2.75, 3.05) is 7.05 Å². The van der Waals surface area contributed by atoms with Gasteiger partial charge in [0.15, 0.2) is 0 Å². The predicted molar refractivity (Wildman–Crippen MR) is 77.9 cm³/mol. The lowest BCUT2D eigenvalue weighted by Gasteiger charge is -2.17. The number of sulfonamides is 1. The van der Waals surface area contributed by atoms with Gasteiger partial charge < -0.3 is 5.11 Å². The molecule has 0 aliphatic rings. The van der Waals surface area contributed by atoms with Crippen molar-refractivity contribution in [2.24, 2.45) is 0 Å². The van der Waals surface area contributed by atoms with Crippen LogP contribution in [-0.4, -0.2) is 24.9 Å². The van der Waals surface area contributed by atoms with Gasteiger partial charge in [0.25, 0.3) is 0 Å². The Morgan fingerprint density at radius 2 is 1.75 bits per heavy atom. The molecule has 0 unspecified atom stereocenters. The SMILES string of the molecule is Cc1cccc(S(=O)(=O)N(C)Cc2ccc(O)cc2)c1. The van der Waals surface area contributed by atoms with Gasteiger partial charge in [-0.1, -0.05) is 24.3 Å². The number of hydrogen-bond donors (Lipinski definition) is 1. The van der Waals surface area contributed by atoms with Crippen molar-refractivity contribution >= 4 is 10.0 Å². The molecule has 0 heterocycles. The van der Waals surface area contributed by atoms with E-state index >= 15 is 0 Å². The summed E-state index contributed by atoms with van der Waals surface area (Å²) in [6.07, 6.45) is 0. The van der Waals surface area contributed by atoms with Crippen LogP contribution in [0.2, 0.25) is 0 Å². The number of rotatable bonds is 4. The van der Waals surface area contributed by atoms with Crippen LogP contribution < -0.4 is 0 Å². The largest absolute Gasteiger partial charge is 0.508 e. The highest BCUT2D eigenvalue weighted by atomic mass is 32.2. The fourth-order valence-electron chi connectivity index (χ4n) is 1.90. The molecular formula is C15H17NO3S. The van der Waals surface area contributed by atoms with Gasteiger partial charge in [-0.25, -0.2) is 8.42 Å². The maximum Gasteiger partial charge on any atom is 0.243 e. The molecule has 0 fully saturated rings. The second-order valence-electron chi connectivity index (χ2n) is 4.74. The first-order valence-corrected chi connectivity index (χ1v) is 7.64. The summed E-state index contributed by atoms with van der Waals surface area (Å²) in [5.74, 6) is 0.165. The van der Waals surface area contributed by atoms with Crippen LogP contribution in [0.1, 0.15) is 11.1 Å². The molecule has 0 bridgehead atoms. The molecule has 0 aliphatic carbocycles. The summed E-state index contributed by atoms with van der Waals surface area (Å²) in [4.78, 5) is 0.291. The zero-order chi connectivity index (χ0) is 14.8. The number of aryl methyl sites for hydroxylation is 1. The second-order valence-corrected chi connectivity index (χ2v) is 6.79. The molecule has 0 radical (unpaired) electrons. The lowest BCUT2D eigenvalue weighted by molar-refractivity contribution is 0.463. The molecule has 0 saturated carbocycles. The van der Waals surface area contributed by atoms with Gasteiger partial charge in [-0.05, 0) is 42.3 Å². The zero-order valence-electron chi connectivity index (χ0n) is 11.4. The van der Waals surface area contributed by atoms with E-state index in [1.54, 1.807) is 49.5 Å². The van der Waals surface area contributed by atoms with E-state index in [-0.39, 0.29) is 12.3 Å². The minimum atomic E-state index is -3.50. The summed E-state index contributed by atoms with van der Waals surface area (Å²) in [5, 5.41) is 9.23. The van der Waals surface area contributed by atoms with Crippen molar-refractivity contribution in [1.29, 1.82) is 0 Å². The maximum atomic E-state index is 12.4. The minimum absolute atomic E-state index is 0.165. The van der Waals surface area contributed by atoms with Crippen LogP contribution in [0.15, 0.2) is 53.4 Å². The van der Waals surface area contributed by atoms with E-state index in [1.807, 2.05) is 13.0 Å². The van der Waals surface area contributed by atoms with Crippen LogP contribution in [0.4, 0.5) is 0 Å². The molecule has 2 aromatic carbocycles. The highest BCUT2D eigenvalue weighted by molar-refractivity contribution is 7.89. The van der Waals surface area contributed by atoms with Crippen LogP contribution in [0, 0.1) is 6.92 Å². The molecule has 2 aromatic rings. The van der Waals surface area contributed by atoms with Crippen molar-refractivity contribution < 1.29 is 13.5 Å². The third kappa shape index (κ3) is 3.18. The van der Waals surface area contributed by atoms with E-state index in [9.17, 15) is 13.5 Å². The van der Waals surface area contributed by atoms with E-state index in [0.717, 1.165) is 11.1 Å². The molecule has 1 N–H and O–H groups in total. The smallest absolute Gasteiger partial charge is 0.243 e. The molecule has 0 aromatic heterocycles. The topological polar surface area (TPSA) is 57.6 Å². The van der Waals surface area contributed by atoms with Crippen molar-refractivity contribution in [3.8, 4) is 5.75 Å². The molecular weight excluding hydrogens is 274 g/mol. The van der Waals surface area contributed by atoms with Crippen molar-refractivity contribution in [3.05, 3.63) is 59.7 Å². The molecule has 0 amide bonds. The van der Waals surface area contributed by atoms with E-state index in [4.69, 9.17) is 0 Å². The first kappa shape index (κ1) is 14.6. The van der Waals surface area contributed by atoms with E-state index < -0.39 is 10.0 Å². The molecule has 0 atom stereocenters. The molecule has 106 valence electrons. The Hall–Kier alpha value is -1.85. The van der Waals surface area contributed by atoms with E-state index in [2.05, 4.69) is 0 Å². The van der Waals surface area contributed by atoms with Gasteiger partial charge in [-0.2, -0.15) is 4.31 Å².